The van der Waals surface area contributed by atoms with Crippen molar-refractivity contribution >= 4 is 0 Å². The summed E-state index contributed by atoms with van der Waals surface area (Å²) in [7, 11) is 0. The third-order valence-corrected chi connectivity index (χ3v) is 5.40. The highest BCUT2D eigenvalue weighted by Crippen LogP contribution is 2.35. The van der Waals surface area contributed by atoms with Gasteiger partial charge in [0, 0.05) is 37.7 Å². The lowest BCUT2D eigenvalue weighted by Crippen LogP contribution is -2.29. The molecule has 1 aromatic heterocycles. The van der Waals surface area contributed by atoms with E-state index < -0.39 is 0 Å². The zero-order chi connectivity index (χ0) is 14.1. The van der Waals surface area contributed by atoms with E-state index in [-0.39, 0.29) is 0 Å². The van der Waals surface area contributed by atoms with Crippen LogP contribution in [0.15, 0.2) is 0 Å². The van der Waals surface area contributed by atoms with Crippen molar-refractivity contribution in [2.45, 2.75) is 76.5 Å². The molecule has 2 aliphatic heterocycles. The van der Waals surface area contributed by atoms with E-state index in [4.69, 9.17) is 9.72 Å². The van der Waals surface area contributed by atoms with Gasteiger partial charge in [-0.05, 0) is 32.1 Å². The lowest BCUT2D eigenvalue weighted by Gasteiger charge is -2.26. The highest BCUT2D eigenvalue weighted by molar-refractivity contribution is 5.22. The van der Waals surface area contributed by atoms with Crippen LogP contribution in [0, 0.1) is 0 Å². The molecular formula is C17H27N3O. The largest absolute Gasteiger partial charge is 0.376 e. The van der Waals surface area contributed by atoms with Gasteiger partial charge in [-0.15, -0.1) is 0 Å². The second-order valence-electron chi connectivity index (χ2n) is 6.87. The van der Waals surface area contributed by atoms with Crippen LogP contribution in [0.4, 0.5) is 0 Å². The predicted octanol–water partition coefficient (Wildman–Crippen LogP) is 2.76. The summed E-state index contributed by atoms with van der Waals surface area (Å²) in [4.78, 5) is 5.04. The number of rotatable bonds is 3. The van der Waals surface area contributed by atoms with E-state index >= 15 is 0 Å². The molecule has 1 atom stereocenters. The van der Waals surface area contributed by atoms with Gasteiger partial charge in [0.25, 0.3) is 0 Å². The van der Waals surface area contributed by atoms with Crippen molar-refractivity contribution in [1.82, 2.24) is 14.9 Å². The smallest absolute Gasteiger partial charge is 0.112 e. The molecule has 4 nitrogen and oxygen atoms in total. The van der Waals surface area contributed by atoms with Gasteiger partial charge >= 0.3 is 0 Å². The second kappa shape index (κ2) is 6.09. The van der Waals surface area contributed by atoms with Crippen molar-refractivity contribution in [2.24, 2.45) is 0 Å². The average Bonchev–Trinajstić information content (AvgIpc) is 3.16. The third kappa shape index (κ3) is 2.76. The number of aromatic nitrogens is 2. The normalized spacial score (nSPS) is 27.0. The fraction of sp³-hybridized carbons (Fsp3) is 0.824. The SMILES string of the molecule is C1CCC(Cn2c(C3CCCC3)nc3c2CCNC3)OC1. The zero-order valence-electron chi connectivity index (χ0n) is 12.9. The number of hydrogen-bond donors (Lipinski definition) is 1. The van der Waals surface area contributed by atoms with Gasteiger partial charge < -0.3 is 14.6 Å². The van der Waals surface area contributed by atoms with Crippen molar-refractivity contribution in [2.75, 3.05) is 13.2 Å². The van der Waals surface area contributed by atoms with Crippen LogP contribution in [0.1, 0.15) is 68.1 Å². The molecule has 21 heavy (non-hydrogen) atoms. The first-order valence-corrected chi connectivity index (χ1v) is 8.82. The molecular weight excluding hydrogens is 262 g/mol. The Morgan fingerprint density at radius 1 is 1.14 bits per heavy atom. The summed E-state index contributed by atoms with van der Waals surface area (Å²) in [5, 5.41) is 3.47. The van der Waals surface area contributed by atoms with Gasteiger partial charge in [0.1, 0.15) is 5.82 Å². The standard InChI is InChI=1S/C17H27N3O/c1-2-6-13(5-1)17-19-15-11-18-9-8-16(15)20(17)12-14-7-3-4-10-21-14/h13-14,18H,1-12H2. The Kier molecular flexibility index (Phi) is 3.99. The van der Waals surface area contributed by atoms with Crippen molar-refractivity contribution in [3.8, 4) is 0 Å². The van der Waals surface area contributed by atoms with E-state index in [1.165, 1.54) is 62.2 Å². The maximum atomic E-state index is 6.00. The number of nitrogens with one attached hydrogen (secondary N) is 1. The van der Waals surface area contributed by atoms with E-state index in [2.05, 4.69) is 9.88 Å². The van der Waals surface area contributed by atoms with Gasteiger partial charge in [0.2, 0.25) is 0 Å². The number of ether oxygens (including phenoxy) is 1. The first-order chi connectivity index (χ1) is 10.4. The fourth-order valence-corrected chi connectivity index (χ4v) is 4.25. The van der Waals surface area contributed by atoms with Crippen LogP contribution in [0.5, 0.6) is 0 Å². The monoisotopic (exact) mass is 289 g/mol. The highest BCUT2D eigenvalue weighted by atomic mass is 16.5. The van der Waals surface area contributed by atoms with Crippen molar-refractivity contribution < 1.29 is 4.74 Å². The molecule has 116 valence electrons. The van der Waals surface area contributed by atoms with Crippen LogP contribution in [-0.2, 0) is 24.2 Å². The molecule has 1 aromatic rings. The first kappa shape index (κ1) is 13.8. The van der Waals surface area contributed by atoms with E-state index in [1.807, 2.05) is 0 Å². The van der Waals surface area contributed by atoms with Crippen LogP contribution in [-0.4, -0.2) is 28.8 Å². The van der Waals surface area contributed by atoms with Crippen molar-refractivity contribution in [3.05, 3.63) is 17.2 Å². The molecule has 0 aromatic carbocycles. The third-order valence-electron chi connectivity index (χ3n) is 5.40. The number of hydrogen-bond acceptors (Lipinski definition) is 3. The Labute approximate surface area is 127 Å². The highest BCUT2D eigenvalue weighted by Gasteiger charge is 2.28. The van der Waals surface area contributed by atoms with Gasteiger partial charge in [-0.3, -0.25) is 0 Å². The molecule has 1 saturated heterocycles. The van der Waals surface area contributed by atoms with E-state index in [0.29, 0.717) is 12.0 Å². The molecule has 4 heteroatoms. The zero-order valence-corrected chi connectivity index (χ0v) is 12.9. The Bertz CT molecular complexity index is 484. The fourth-order valence-electron chi connectivity index (χ4n) is 4.25. The van der Waals surface area contributed by atoms with Crippen LogP contribution >= 0.6 is 0 Å². The number of imidazole rings is 1. The molecule has 2 fully saturated rings. The molecule has 0 spiro atoms. The minimum absolute atomic E-state index is 0.409. The summed E-state index contributed by atoms with van der Waals surface area (Å²) in [5.41, 5.74) is 2.80. The van der Waals surface area contributed by atoms with Crippen LogP contribution in [0.2, 0.25) is 0 Å². The molecule has 0 bridgehead atoms. The molecule has 3 heterocycles. The molecule has 0 radical (unpaired) electrons. The second-order valence-corrected chi connectivity index (χ2v) is 6.87. The maximum absolute atomic E-state index is 6.00. The summed E-state index contributed by atoms with van der Waals surface area (Å²) < 4.78 is 8.55. The first-order valence-electron chi connectivity index (χ1n) is 8.82. The lowest BCUT2D eigenvalue weighted by molar-refractivity contribution is 0.00492. The van der Waals surface area contributed by atoms with Gasteiger partial charge in [0.15, 0.2) is 0 Å². The Morgan fingerprint density at radius 2 is 2.00 bits per heavy atom. The molecule has 1 unspecified atom stereocenters. The Balaban J connectivity index is 1.63. The summed E-state index contributed by atoms with van der Waals surface area (Å²) in [6, 6.07) is 0. The number of nitrogens with zero attached hydrogens (tertiary/aromatic N) is 2. The van der Waals surface area contributed by atoms with E-state index in [9.17, 15) is 0 Å². The van der Waals surface area contributed by atoms with Crippen LogP contribution < -0.4 is 5.32 Å². The lowest BCUT2D eigenvalue weighted by atomic mass is 10.1. The van der Waals surface area contributed by atoms with E-state index in [0.717, 1.165) is 32.7 Å². The summed E-state index contributed by atoms with van der Waals surface area (Å²) >= 11 is 0. The average molecular weight is 289 g/mol. The minimum Gasteiger partial charge on any atom is -0.376 e. The van der Waals surface area contributed by atoms with E-state index in [1.54, 1.807) is 0 Å². The molecule has 0 amide bonds. The number of fused-ring (bicyclic) bond motifs is 1. The predicted molar refractivity (Wildman–Crippen MR) is 82.4 cm³/mol. The molecule has 1 aliphatic carbocycles. The van der Waals surface area contributed by atoms with Crippen LogP contribution in [0.25, 0.3) is 0 Å². The summed E-state index contributed by atoms with van der Waals surface area (Å²) in [5.74, 6) is 2.06. The van der Waals surface area contributed by atoms with Gasteiger partial charge in [0.05, 0.1) is 18.3 Å². The topological polar surface area (TPSA) is 39.1 Å². The molecule has 1 N–H and O–H groups in total. The van der Waals surface area contributed by atoms with Gasteiger partial charge in [-0.25, -0.2) is 4.98 Å². The summed E-state index contributed by atoms with van der Waals surface area (Å²) in [6.07, 6.45) is 10.7. The minimum atomic E-state index is 0.409. The van der Waals surface area contributed by atoms with Crippen molar-refractivity contribution in [3.63, 3.8) is 0 Å². The molecule has 1 saturated carbocycles. The van der Waals surface area contributed by atoms with Crippen LogP contribution in [0.3, 0.4) is 0 Å². The quantitative estimate of drug-likeness (QED) is 0.930. The Hall–Kier alpha value is -0.870. The summed E-state index contributed by atoms with van der Waals surface area (Å²) in [6.45, 7) is 4.03. The van der Waals surface area contributed by atoms with Crippen molar-refractivity contribution in [1.29, 1.82) is 0 Å². The molecule has 3 aliphatic rings. The Morgan fingerprint density at radius 3 is 2.81 bits per heavy atom. The maximum Gasteiger partial charge on any atom is 0.112 e. The van der Waals surface area contributed by atoms with Gasteiger partial charge in [-0.1, -0.05) is 12.8 Å². The molecule has 4 rings (SSSR count). The van der Waals surface area contributed by atoms with Gasteiger partial charge in [-0.2, -0.15) is 0 Å².